The fourth-order valence-corrected chi connectivity index (χ4v) is 1.74. The van der Waals surface area contributed by atoms with Crippen molar-refractivity contribution in [2.45, 2.75) is 26.2 Å². The monoisotopic (exact) mass is 197 g/mol. The second-order valence-corrected chi connectivity index (χ2v) is 3.99. The Labute approximate surface area is 83.0 Å². The zero-order chi connectivity index (χ0) is 9.52. The third-order valence-corrected chi connectivity index (χ3v) is 2.64. The van der Waals surface area contributed by atoms with E-state index in [1.54, 1.807) is 11.3 Å². The largest absolute Gasteiger partial charge is 0.356 e. The summed E-state index contributed by atoms with van der Waals surface area (Å²) in [6.45, 7) is 2.92. The molecule has 1 rings (SSSR count). The standard InChI is InChI=1S/C10H15NOS/c1-2-3-6-11-10(12)8-9-5-4-7-13-9/h4-5,7H,2-3,6,8H2,1H3,(H,11,12). The average molecular weight is 197 g/mol. The topological polar surface area (TPSA) is 29.1 Å². The van der Waals surface area contributed by atoms with Crippen molar-refractivity contribution in [3.05, 3.63) is 22.4 Å². The van der Waals surface area contributed by atoms with Gasteiger partial charge in [0.2, 0.25) is 5.91 Å². The number of nitrogens with one attached hydrogen (secondary N) is 1. The van der Waals surface area contributed by atoms with Crippen molar-refractivity contribution < 1.29 is 4.79 Å². The molecule has 2 nitrogen and oxygen atoms in total. The van der Waals surface area contributed by atoms with Crippen molar-refractivity contribution in [1.82, 2.24) is 5.32 Å². The molecule has 0 fully saturated rings. The number of thiophene rings is 1. The Morgan fingerprint density at radius 3 is 3.08 bits per heavy atom. The van der Waals surface area contributed by atoms with Gasteiger partial charge in [-0.05, 0) is 17.9 Å². The van der Waals surface area contributed by atoms with Gasteiger partial charge in [0.05, 0.1) is 6.42 Å². The second-order valence-electron chi connectivity index (χ2n) is 2.96. The highest BCUT2D eigenvalue weighted by atomic mass is 32.1. The van der Waals surface area contributed by atoms with Crippen LogP contribution in [0.2, 0.25) is 0 Å². The maximum Gasteiger partial charge on any atom is 0.225 e. The van der Waals surface area contributed by atoms with Crippen LogP contribution in [0.15, 0.2) is 17.5 Å². The molecule has 1 amide bonds. The highest BCUT2D eigenvalue weighted by molar-refractivity contribution is 7.10. The van der Waals surface area contributed by atoms with E-state index in [0.29, 0.717) is 6.42 Å². The Bertz CT molecular complexity index is 243. The van der Waals surface area contributed by atoms with E-state index < -0.39 is 0 Å². The summed E-state index contributed by atoms with van der Waals surface area (Å²) >= 11 is 1.63. The van der Waals surface area contributed by atoms with Crippen molar-refractivity contribution in [3.8, 4) is 0 Å². The molecule has 0 spiro atoms. The maximum atomic E-state index is 11.3. The Balaban J connectivity index is 2.18. The van der Waals surface area contributed by atoms with Gasteiger partial charge < -0.3 is 5.32 Å². The van der Waals surface area contributed by atoms with Gasteiger partial charge in [0.1, 0.15) is 0 Å². The van der Waals surface area contributed by atoms with Gasteiger partial charge in [-0.2, -0.15) is 0 Å². The van der Waals surface area contributed by atoms with E-state index in [2.05, 4.69) is 12.2 Å². The normalized spacial score (nSPS) is 9.92. The van der Waals surface area contributed by atoms with E-state index in [4.69, 9.17) is 0 Å². The summed E-state index contributed by atoms with van der Waals surface area (Å²) in [6.07, 6.45) is 2.72. The highest BCUT2D eigenvalue weighted by Gasteiger charge is 2.02. The van der Waals surface area contributed by atoms with Crippen LogP contribution in [0, 0.1) is 0 Å². The molecule has 1 N–H and O–H groups in total. The molecule has 0 aliphatic carbocycles. The summed E-state index contributed by atoms with van der Waals surface area (Å²) in [4.78, 5) is 12.4. The molecule has 0 saturated carbocycles. The van der Waals surface area contributed by atoms with Crippen LogP contribution >= 0.6 is 11.3 Å². The minimum absolute atomic E-state index is 0.135. The molecule has 0 atom stereocenters. The minimum atomic E-state index is 0.135. The number of carbonyl (C=O) groups excluding carboxylic acids is 1. The van der Waals surface area contributed by atoms with Gasteiger partial charge in [-0.1, -0.05) is 19.4 Å². The van der Waals surface area contributed by atoms with E-state index >= 15 is 0 Å². The summed E-state index contributed by atoms with van der Waals surface area (Å²) in [5.74, 6) is 0.135. The first kappa shape index (κ1) is 10.3. The van der Waals surface area contributed by atoms with Crippen LogP contribution < -0.4 is 5.32 Å². The molecule has 1 aromatic rings. The molecule has 0 radical (unpaired) electrons. The van der Waals surface area contributed by atoms with Gasteiger partial charge in [-0.3, -0.25) is 4.79 Å². The van der Waals surface area contributed by atoms with Crippen molar-refractivity contribution in [1.29, 1.82) is 0 Å². The average Bonchev–Trinajstić information content (AvgIpc) is 2.57. The Hall–Kier alpha value is -0.830. The first-order chi connectivity index (χ1) is 6.33. The Morgan fingerprint density at radius 2 is 2.46 bits per heavy atom. The Morgan fingerprint density at radius 1 is 1.62 bits per heavy atom. The molecule has 0 unspecified atom stereocenters. The quantitative estimate of drug-likeness (QED) is 0.720. The van der Waals surface area contributed by atoms with Crippen molar-refractivity contribution in [3.63, 3.8) is 0 Å². The molecule has 0 bridgehead atoms. The molecule has 72 valence electrons. The van der Waals surface area contributed by atoms with Gasteiger partial charge in [-0.15, -0.1) is 11.3 Å². The smallest absolute Gasteiger partial charge is 0.225 e. The molecule has 13 heavy (non-hydrogen) atoms. The molecule has 0 aliphatic rings. The lowest BCUT2D eigenvalue weighted by Crippen LogP contribution is -2.25. The SMILES string of the molecule is CCCCNC(=O)Cc1cccs1. The predicted molar refractivity (Wildman–Crippen MR) is 55.9 cm³/mol. The summed E-state index contributed by atoms with van der Waals surface area (Å²) in [7, 11) is 0. The molecular formula is C10H15NOS. The van der Waals surface area contributed by atoms with Crippen LogP contribution in [0.3, 0.4) is 0 Å². The van der Waals surface area contributed by atoms with Crippen LogP contribution in [0.5, 0.6) is 0 Å². The van der Waals surface area contributed by atoms with Crippen LogP contribution in [0.25, 0.3) is 0 Å². The highest BCUT2D eigenvalue weighted by Crippen LogP contribution is 2.08. The van der Waals surface area contributed by atoms with E-state index in [9.17, 15) is 4.79 Å². The number of hydrogen-bond donors (Lipinski definition) is 1. The molecule has 0 saturated heterocycles. The van der Waals surface area contributed by atoms with Gasteiger partial charge >= 0.3 is 0 Å². The number of unbranched alkanes of at least 4 members (excludes halogenated alkanes) is 1. The number of amides is 1. The minimum Gasteiger partial charge on any atom is -0.356 e. The van der Waals surface area contributed by atoms with Crippen LogP contribution in [0.4, 0.5) is 0 Å². The van der Waals surface area contributed by atoms with Crippen LogP contribution in [0.1, 0.15) is 24.6 Å². The zero-order valence-electron chi connectivity index (χ0n) is 7.88. The van der Waals surface area contributed by atoms with Gasteiger partial charge in [0.25, 0.3) is 0 Å². The van der Waals surface area contributed by atoms with Crippen LogP contribution in [-0.2, 0) is 11.2 Å². The molecule has 1 aromatic heterocycles. The number of carbonyl (C=O) groups is 1. The van der Waals surface area contributed by atoms with Gasteiger partial charge in [-0.25, -0.2) is 0 Å². The summed E-state index contributed by atoms with van der Waals surface area (Å²) < 4.78 is 0. The summed E-state index contributed by atoms with van der Waals surface area (Å²) in [6, 6.07) is 3.96. The summed E-state index contributed by atoms with van der Waals surface area (Å²) in [5, 5.41) is 4.88. The van der Waals surface area contributed by atoms with E-state index in [0.717, 1.165) is 24.3 Å². The van der Waals surface area contributed by atoms with E-state index in [1.165, 1.54) is 0 Å². The van der Waals surface area contributed by atoms with Crippen molar-refractivity contribution >= 4 is 17.2 Å². The van der Waals surface area contributed by atoms with Gasteiger partial charge in [0, 0.05) is 11.4 Å². The molecule has 0 aliphatic heterocycles. The third-order valence-electron chi connectivity index (χ3n) is 1.77. The molecule has 0 aromatic carbocycles. The van der Waals surface area contributed by atoms with E-state index in [-0.39, 0.29) is 5.91 Å². The Kier molecular flexibility index (Phi) is 4.54. The second kappa shape index (κ2) is 5.75. The molecular weight excluding hydrogens is 182 g/mol. The third kappa shape index (κ3) is 4.08. The fourth-order valence-electron chi connectivity index (χ4n) is 1.04. The molecule has 3 heteroatoms. The fraction of sp³-hybridized carbons (Fsp3) is 0.500. The lowest BCUT2D eigenvalue weighted by Gasteiger charge is -2.01. The lowest BCUT2D eigenvalue weighted by molar-refractivity contribution is -0.120. The van der Waals surface area contributed by atoms with Crippen LogP contribution in [-0.4, -0.2) is 12.5 Å². The summed E-state index contributed by atoms with van der Waals surface area (Å²) in [5.41, 5.74) is 0. The number of hydrogen-bond acceptors (Lipinski definition) is 2. The maximum absolute atomic E-state index is 11.3. The van der Waals surface area contributed by atoms with E-state index in [1.807, 2.05) is 17.5 Å². The van der Waals surface area contributed by atoms with Crippen molar-refractivity contribution in [2.24, 2.45) is 0 Å². The zero-order valence-corrected chi connectivity index (χ0v) is 8.69. The van der Waals surface area contributed by atoms with Crippen molar-refractivity contribution in [2.75, 3.05) is 6.54 Å². The molecule has 1 heterocycles. The first-order valence-electron chi connectivity index (χ1n) is 4.62. The van der Waals surface area contributed by atoms with Gasteiger partial charge in [0.15, 0.2) is 0 Å². The lowest BCUT2D eigenvalue weighted by atomic mass is 10.3. The number of rotatable bonds is 5. The predicted octanol–water partition coefficient (Wildman–Crippen LogP) is 2.21. The first-order valence-corrected chi connectivity index (χ1v) is 5.50.